The van der Waals surface area contributed by atoms with Crippen LogP contribution in [0.5, 0.6) is 0 Å². The highest BCUT2D eigenvalue weighted by molar-refractivity contribution is 9.10. The van der Waals surface area contributed by atoms with Crippen LogP contribution in [-0.4, -0.2) is 25.4 Å². The Morgan fingerprint density at radius 2 is 2.12 bits per heavy atom. The summed E-state index contributed by atoms with van der Waals surface area (Å²) in [4.78, 5) is 4.27. The zero-order chi connectivity index (χ0) is 12.5. The molecular weight excluding hydrogens is 302 g/mol. The van der Waals surface area contributed by atoms with E-state index in [4.69, 9.17) is 0 Å². The molecule has 0 radical (unpaired) electrons. The minimum atomic E-state index is -2.92. The smallest absolute Gasteiger partial charge is 0.147 e. The van der Waals surface area contributed by atoms with Gasteiger partial charge in [0.2, 0.25) is 0 Å². The number of aryl methyl sites for hydroxylation is 1. The van der Waals surface area contributed by atoms with Gasteiger partial charge in [0.05, 0.1) is 11.3 Å². The molecule has 2 aromatic rings. The maximum absolute atomic E-state index is 11.1. The van der Waals surface area contributed by atoms with Crippen LogP contribution in [0.3, 0.4) is 0 Å². The van der Waals surface area contributed by atoms with Crippen molar-refractivity contribution < 1.29 is 8.42 Å². The van der Waals surface area contributed by atoms with Gasteiger partial charge in [-0.05, 0) is 46.1 Å². The molecule has 0 fully saturated rings. The standard InChI is InChI=1S/C12H12BrNO2S/c1-17(15,16)6-4-9-7-10-3-2-5-14-12(10)11(13)8-9/h2-3,5,7-8H,4,6H2,1H3. The number of sulfone groups is 1. The van der Waals surface area contributed by atoms with Gasteiger partial charge in [-0.3, -0.25) is 4.98 Å². The van der Waals surface area contributed by atoms with Gasteiger partial charge in [0.15, 0.2) is 0 Å². The lowest BCUT2D eigenvalue weighted by molar-refractivity contribution is 0.601. The van der Waals surface area contributed by atoms with Gasteiger partial charge < -0.3 is 0 Å². The zero-order valence-electron chi connectivity index (χ0n) is 9.35. The van der Waals surface area contributed by atoms with Crippen molar-refractivity contribution in [1.82, 2.24) is 4.98 Å². The predicted octanol–water partition coefficient (Wildman–Crippen LogP) is 2.58. The summed E-state index contributed by atoms with van der Waals surface area (Å²) in [6.07, 6.45) is 3.52. The van der Waals surface area contributed by atoms with E-state index in [1.165, 1.54) is 6.26 Å². The highest BCUT2D eigenvalue weighted by atomic mass is 79.9. The second-order valence-electron chi connectivity index (χ2n) is 4.03. The van der Waals surface area contributed by atoms with Crippen molar-refractivity contribution in [3.63, 3.8) is 0 Å². The van der Waals surface area contributed by atoms with Crippen molar-refractivity contribution >= 4 is 36.7 Å². The number of aromatic nitrogens is 1. The van der Waals surface area contributed by atoms with E-state index in [1.807, 2.05) is 24.3 Å². The van der Waals surface area contributed by atoms with E-state index < -0.39 is 9.84 Å². The summed E-state index contributed by atoms with van der Waals surface area (Å²) in [6, 6.07) is 7.75. The number of hydrogen-bond acceptors (Lipinski definition) is 3. The first-order chi connectivity index (χ1) is 7.96. The number of pyridine rings is 1. The third kappa shape index (κ3) is 3.26. The van der Waals surface area contributed by atoms with Gasteiger partial charge in [-0.15, -0.1) is 0 Å². The lowest BCUT2D eigenvalue weighted by atomic mass is 10.1. The minimum absolute atomic E-state index is 0.172. The van der Waals surface area contributed by atoms with Crippen LogP contribution in [0.2, 0.25) is 0 Å². The molecule has 17 heavy (non-hydrogen) atoms. The third-order valence-corrected chi connectivity index (χ3v) is 4.03. The van der Waals surface area contributed by atoms with E-state index in [2.05, 4.69) is 20.9 Å². The van der Waals surface area contributed by atoms with Gasteiger partial charge >= 0.3 is 0 Å². The Bertz CT molecular complexity index is 653. The van der Waals surface area contributed by atoms with Crippen LogP contribution in [-0.2, 0) is 16.3 Å². The Hall–Kier alpha value is -0.940. The van der Waals surface area contributed by atoms with E-state index in [9.17, 15) is 8.42 Å². The first kappa shape index (κ1) is 12.5. The molecule has 5 heteroatoms. The molecule has 90 valence electrons. The highest BCUT2D eigenvalue weighted by Gasteiger charge is 2.06. The molecule has 0 saturated heterocycles. The van der Waals surface area contributed by atoms with Crippen molar-refractivity contribution in [1.29, 1.82) is 0 Å². The van der Waals surface area contributed by atoms with Crippen molar-refractivity contribution in [2.24, 2.45) is 0 Å². The minimum Gasteiger partial charge on any atom is -0.255 e. The summed E-state index contributed by atoms with van der Waals surface area (Å²) in [5, 5.41) is 1.02. The molecule has 2 rings (SSSR count). The molecule has 0 aliphatic heterocycles. The van der Waals surface area contributed by atoms with E-state index in [1.54, 1.807) is 6.20 Å². The highest BCUT2D eigenvalue weighted by Crippen LogP contribution is 2.24. The average Bonchev–Trinajstić information content (AvgIpc) is 2.26. The lowest BCUT2D eigenvalue weighted by Crippen LogP contribution is -2.05. The quantitative estimate of drug-likeness (QED) is 0.875. The maximum atomic E-state index is 11.1. The molecule has 0 aliphatic rings. The fourth-order valence-corrected chi connectivity index (χ4v) is 2.89. The summed E-state index contributed by atoms with van der Waals surface area (Å²) < 4.78 is 23.2. The van der Waals surface area contributed by atoms with Crippen molar-refractivity contribution in [2.75, 3.05) is 12.0 Å². The zero-order valence-corrected chi connectivity index (χ0v) is 11.8. The molecular formula is C12H12BrNO2S. The van der Waals surface area contributed by atoms with Gasteiger partial charge in [-0.2, -0.15) is 0 Å². The summed E-state index contributed by atoms with van der Waals surface area (Å²) in [7, 11) is -2.92. The summed E-state index contributed by atoms with van der Waals surface area (Å²) in [5.74, 6) is 0.172. The Morgan fingerprint density at radius 1 is 1.35 bits per heavy atom. The average molecular weight is 314 g/mol. The van der Waals surface area contributed by atoms with E-state index in [0.717, 1.165) is 20.9 Å². The second-order valence-corrected chi connectivity index (χ2v) is 7.15. The van der Waals surface area contributed by atoms with E-state index in [0.29, 0.717) is 6.42 Å². The van der Waals surface area contributed by atoms with Gasteiger partial charge in [0.25, 0.3) is 0 Å². The molecule has 0 amide bonds. The van der Waals surface area contributed by atoms with E-state index in [-0.39, 0.29) is 5.75 Å². The van der Waals surface area contributed by atoms with Crippen molar-refractivity contribution in [2.45, 2.75) is 6.42 Å². The Balaban J connectivity index is 2.37. The first-order valence-electron chi connectivity index (χ1n) is 5.16. The molecule has 0 N–H and O–H groups in total. The van der Waals surface area contributed by atoms with Crippen LogP contribution < -0.4 is 0 Å². The van der Waals surface area contributed by atoms with Crippen LogP contribution in [0.25, 0.3) is 10.9 Å². The Labute approximate surface area is 109 Å². The normalized spacial score (nSPS) is 11.9. The topological polar surface area (TPSA) is 47.0 Å². The van der Waals surface area contributed by atoms with Crippen LogP contribution >= 0.6 is 15.9 Å². The number of fused-ring (bicyclic) bond motifs is 1. The second kappa shape index (κ2) is 4.74. The predicted molar refractivity (Wildman–Crippen MR) is 72.9 cm³/mol. The molecule has 0 spiro atoms. The van der Waals surface area contributed by atoms with Crippen LogP contribution in [0.15, 0.2) is 34.9 Å². The van der Waals surface area contributed by atoms with Crippen LogP contribution in [0, 0.1) is 0 Å². The third-order valence-electron chi connectivity index (χ3n) is 2.48. The molecule has 1 aromatic heterocycles. The molecule has 0 bridgehead atoms. The number of halogens is 1. The molecule has 0 aliphatic carbocycles. The maximum Gasteiger partial charge on any atom is 0.147 e. The van der Waals surface area contributed by atoms with Crippen molar-refractivity contribution in [3.05, 3.63) is 40.5 Å². The van der Waals surface area contributed by atoms with Crippen LogP contribution in [0.4, 0.5) is 0 Å². The monoisotopic (exact) mass is 313 g/mol. The fourth-order valence-electron chi connectivity index (χ4n) is 1.65. The molecule has 3 nitrogen and oxygen atoms in total. The number of benzene rings is 1. The molecule has 1 heterocycles. The Morgan fingerprint density at radius 3 is 2.82 bits per heavy atom. The van der Waals surface area contributed by atoms with E-state index >= 15 is 0 Å². The fraction of sp³-hybridized carbons (Fsp3) is 0.250. The summed E-state index contributed by atoms with van der Waals surface area (Å²) in [5.41, 5.74) is 1.90. The summed E-state index contributed by atoms with van der Waals surface area (Å²) >= 11 is 3.46. The van der Waals surface area contributed by atoms with Gasteiger partial charge in [0, 0.05) is 22.3 Å². The Kier molecular flexibility index (Phi) is 3.49. The van der Waals surface area contributed by atoms with Crippen molar-refractivity contribution in [3.8, 4) is 0 Å². The number of rotatable bonds is 3. The van der Waals surface area contributed by atoms with Crippen LogP contribution in [0.1, 0.15) is 5.56 Å². The molecule has 1 aromatic carbocycles. The van der Waals surface area contributed by atoms with Gasteiger partial charge in [-0.1, -0.05) is 6.07 Å². The largest absolute Gasteiger partial charge is 0.255 e. The number of nitrogens with zero attached hydrogens (tertiary/aromatic N) is 1. The lowest BCUT2D eigenvalue weighted by Gasteiger charge is -2.05. The molecule has 0 unspecified atom stereocenters. The summed E-state index contributed by atoms with van der Waals surface area (Å²) in [6.45, 7) is 0. The van der Waals surface area contributed by atoms with Gasteiger partial charge in [0.1, 0.15) is 9.84 Å². The molecule has 0 atom stereocenters. The first-order valence-corrected chi connectivity index (χ1v) is 8.02. The van der Waals surface area contributed by atoms with Gasteiger partial charge in [-0.25, -0.2) is 8.42 Å². The number of hydrogen-bond donors (Lipinski definition) is 0. The molecule has 0 saturated carbocycles. The SMILES string of the molecule is CS(=O)(=O)CCc1cc(Br)c2ncccc2c1.